The lowest BCUT2D eigenvalue weighted by molar-refractivity contribution is 0.0315. The SMILES string of the molecule is CCn1c(SC[C@@H]2CCCCO2)nc2sc(C)c(-c3ccc(F)cc3)c2c1=O. The van der Waals surface area contributed by atoms with E-state index in [4.69, 9.17) is 9.72 Å². The molecule has 2 aromatic heterocycles. The summed E-state index contributed by atoms with van der Waals surface area (Å²) >= 11 is 3.13. The fourth-order valence-electron chi connectivity index (χ4n) is 3.64. The van der Waals surface area contributed by atoms with E-state index in [0.717, 1.165) is 51.2 Å². The van der Waals surface area contributed by atoms with Crippen molar-refractivity contribution in [2.24, 2.45) is 0 Å². The molecule has 0 bridgehead atoms. The van der Waals surface area contributed by atoms with Gasteiger partial charge in [-0.1, -0.05) is 23.9 Å². The Hall–Kier alpha value is -1.70. The quantitative estimate of drug-likeness (QED) is 0.419. The van der Waals surface area contributed by atoms with Crippen molar-refractivity contribution >= 4 is 33.3 Å². The van der Waals surface area contributed by atoms with E-state index in [0.29, 0.717) is 11.9 Å². The van der Waals surface area contributed by atoms with Crippen molar-refractivity contribution in [1.29, 1.82) is 0 Å². The average molecular weight is 419 g/mol. The number of nitrogens with zero attached hydrogens (tertiary/aromatic N) is 2. The summed E-state index contributed by atoms with van der Waals surface area (Å²) in [6.45, 7) is 5.34. The maximum absolute atomic E-state index is 13.3. The van der Waals surface area contributed by atoms with Crippen molar-refractivity contribution in [3.63, 3.8) is 0 Å². The van der Waals surface area contributed by atoms with Crippen LogP contribution in [0.1, 0.15) is 31.1 Å². The Morgan fingerprint density at radius 3 is 2.79 bits per heavy atom. The highest BCUT2D eigenvalue weighted by Gasteiger charge is 2.21. The van der Waals surface area contributed by atoms with Crippen LogP contribution < -0.4 is 5.56 Å². The molecule has 1 atom stereocenters. The van der Waals surface area contributed by atoms with E-state index >= 15 is 0 Å². The van der Waals surface area contributed by atoms with Crippen LogP contribution in [0.2, 0.25) is 0 Å². The minimum Gasteiger partial charge on any atom is -0.377 e. The van der Waals surface area contributed by atoms with Gasteiger partial charge in [-0.3, -0.25) is 9.36 Å². The fraction of sp³-hybridized carbons (Fsp3) is 0.429. The van der Waals surface area contributed by atoms with Gasteiger partial charge in [0.1, 0.15) is 10.6 Å². The predicted octanol–water partition coefficient (Wildman–Crippen LogP) is 5.25. The molecular weight excluding hydrogens is 395 g/mol. The van der Waals surface area contributed by atoms with Crippen LogP contribution in [0.15, 0.2) is 34.2 Å². The average Bonchev–Trinajstić information content (AvgIpc) is 3.04. The van der Waals surface area contributed by atoms with E-state index in [9.17, 15) is 9.18 Å². The second kappa shape index (κ2) is 8.35. The molecule has 0 amide bonds. The van der Waals surface area contributed by atoms with Gasteiger partial charge < -0.3 is 4.74 Å². The molecule has 3 aromatic rings. The van der Waals surface area contributed by atoms with Gasteiger partial charge in [0.2, 0.25) is 0 Å². The minimum atomic E-state index is -0.284. The summed E-state index contributed by atoms with van der Waals surface area (Å²) in [5, 5.41) is 1.38. The molecule has 1 aliphatic rings. The lowest BCUT2D eigenvalue weighted by Gasteiger charge is -2.22. The van der Waals surface area contributed by atoms with Crippen LogP contribution in [0.4, 0.5) is 4.39 Å². The third kappa shape index (κ3) is 3.75. The van der Waals surface area contributed by atoms with E-state index in [1.165, 1.54) is 29.9 Å². The van der Waals surface area contributed by atoms with E-state index in [1.807, 2.05) is 13.8 Å². The van der Waals surface area contributed by atoms with Crippen molar-refractivity contribution in [3.05, 3.63) is 45.3 Å². The number of halogens is 1. The normalized spacial score (nSPS) is 17.3. The zero-order valence-electron chi connectivity index (χ0n) is 16.0. The molecule has 1 saturated heterocycles. The molecule has 0 aliphatic carbocycles. The Morgan fingerprint density at radius 1 is 1.32 bits per heavy atom. The highest BCUT2D eigenvalue weighted by Crippen LogP contribution is 2.36. The minimum absolute atomic E-state index is 0.0248. The van der Waals surface area contributed by atoms with Crippen molar-refractivity contribution in [3.8, 4) is 11.1 Å². The third-order valence-electron chi connectivity index (χ3n) is 5.07. The summed E-state index contributed by atoms with van der Waals surface area (Å²) in [5.41, 5.74) is 1.69. The van der Waals surface area contributed by atoms with Gasteiger partial charge in [-0.15, -0.1) is 11.3 Å². The number of hydrogen-bond donors (Lipinski definition) is 0. The van der Waals surface area contributed by atoms with Crippen LogP contribution in [-0.4, -0.2) is 28.0 Å². The zero-order chi connectivity index (χ0) is 19.7. The second-order valence-electron chi connectivity index (χ2n) is 6.96. The summed E-state index contributed by atoms with van der Waals surface area (Å²) in [7, 11) is 0. The number of rotatable bonds is 5. The first-order chi connectivity index (χ1) is 13.6. The number of thiophene rings is 1. The van der Waals surface area contributed by atoms with Gasteiger partial charge in [0.25, 0.3) is 5.56 Å². The summed E-state index contributed by atoms with van der Waals surface area (Å²) in [4.78, 5) is 19.9. The molecule has 148 valence electrons. The predicted molar refractivity (Wildman–Crippen MR) is 114 cm³/mol. The van der Waals surface area contributed by atoms with E-state index < -0.39 is 0 Å². The lowest BCUT2D eigenvalue weighted by Crippen LogP contribution is -2.24. The summed E-state index contributed by atoms with van der Waals surface area (Å²) in [5.74, 6) is 0.529. The van der Waals surface area contributed by atoms with Crippen LogP contribution in [0.25, 0.3) is 21.3 Å². The van der Waals surface area contributed by atoms with Gasteiger partial charge in [0.05, 0.1) is 11.5 Å². The highest BCUT2D eigenvalue weighted by molar-refractivity contribution is 7.99. The standard InChI is InChI=1S/C21H23FN2O2S2/c1-3-24-20(25)18-17(14-7-9-15(22)10-8-14)13(2)28-19(18)23-21(24)27-12-16-6-4-5-11-26-16/h7-10,16H,3-6,11-12H2,1-2H3/t16-/m0/s1. The van der Waals surface area contributed by atoms with Crippen LogP contribution >= 0.6 is 23.1 Å². The van der Waals surface area contributed by atoms with Gasteiger partial charge in [-0.05, 0) is 50.8 Å². The Labute approximate surface area is 171 Å². The van der Waals surface area contributed by atoms with Crippen LogP contribution in [0, 0.1) is 12.7 Å². The smallest absolute Gasteiger partial charge is 0.263 e. The fourth-order valence-corrected chi connectivity index (χ4v) is 5.85. The molecule has 0 spiro atoms. The zero-order valence-corrected chi connectivity index (χ0v) is 17.7. The van der Waals surface area contributed by atoms with Gasteiger partial charge in [-0.25, -0.2) is 9.37 Å². The number of aryl methyl sites for hydroxylation is 1. The van der Waals surface area contributed by atoms with Gasteiger partial charge in [0.15, 0.2) is 5.16 Å². The number of thioether (sulfide) groups is 1. The molecular formula is C21H23FN2O2S2. The first kappa shape index (κ1) is 19.6. The van der Waals surface area contributed by atoms with Crippen LogP contribution in [-0.2, 0) is 11.3 Å². The molecule has 0 saturated carbocycles. The Kier molecular flexibility index (Phi) is 5.85. The molecule has 1 aromatic carbocycles. The van der Waals surface area contributed by atoms with Crippen molar-refractivity contribution in [2.75, 3.05) is 12.4 Å². The Morgan fingerprint density at radius 2 is 2.11 bits per heavy atom. The Balaban J connectivity index is 1.75. The first-order valence-electron chi connectivity index (χ1n) is 9.62. The third-order valence-corrected chi connectivity index (χ3v) is 7.18. The van der Waals surface area contributed by atoms with Gasteiger partial charge >= 0.3 is 0 Å². The van der Waals surface area contributed by atoms with Crippen molar-refractivity contribution in [2.45, 2.75) is 50.9 Å². The topological polar surface area (TPSA) is 44.1 Å². The maximum atomic E-state index is 13.3. The molecule has 1 fully saturated rings. The molecule has 28 heavy (non-hydrogen) atoms. The number of aromatic nitrogens is 2. The van der Waals surface area contributed by atoms with E-state index in [1.54, 1.807) is 28.5 Å². The molecule has 0 N–H and O–H groups in total. The second-order valence-corrected chi connectivity index (χ2v) is 9.15. The molecule has 3 heterocycles. The Bertz CT molecular complexity index is 1040. The number of fused-ring (bicyclic) bond motifs is 1. The number of benzene rings is 1. The summed E-state index contributed by atoms with van der Waals surface area (Å²) in [6, 6.07) is 6.31. The van der Waals surface area contributed by atoms with E-state index in [2.05, 4.69) is 0 Å². The van der Waals surface area contributed by atoms with Crippen LogP contribution in [0.5, 0.6) is 0 Å². The molecule has 1 aliphatic heterocycles. The van der Waals surface area contributed by atoms with Crippen molar-refractivity contribution in [1.82, 2.24) is 9.55 Å². The molecule has 4 rings (SSSR count). The molecule has 7 heteroatoms. The molecule has 0 radical (unpaired) electrons. The van der Waals surface area contributed by atoms with Crippen molar-refractivity contribution < 1.29 is 9.13 Å². The largest absolute Gasteiger partial charge is 0.377 e. The summed E-state index contributed by atoms with van der Waals surface area (Å²) in [6.07, 6.45) is 3.63. The van der Waals surface area contributed by atoms with Gasteiger partial charge in [-0.2, -0.15) is 0 Å². The molecule has 0 unspecified atom stereocenters. The lowest BCUT2D eigenvalue weighted by atomic mass is 10.0. The molecule has 4 nitrogen and oxygen atoms in total. The first-order valence-corrected chi connectivity index (χ1v) is 11.4. The van der Waals surface area contributed by atoms with Gasteiger partial charge in [0, 0.05) is 29.3 Å². The van der Waals surface area contributed by atoms with E-state index in [-0.39, 0.29) is 17.5 Å². The monoisotopic (exact) mass is 418 g/mol. The maximum Gasteiger partial charge on any atom is 0.263 e. The number of ether oxygens (including phenoxy) is 1. The summed E-state index contributed by atoms with van der Waals surface area (Å²) < 4.78 is 20.9. The number of hydrogen-bond acceptors (Lipinski definition) is 5. The van der Waals surface area contributed by atoms with Crippen LogP contribution in [0.3, 0.4) is 0 Å². The highest BCUT2D eigenvalue weighted by atomic mass is 32.2.